The van der Waals surface area contributed by atoms with Gasteiger partial charge in [-0.3, -0.25) is 9.59 Å². The first-order chi connectivity index (χ1) is 12.5. The molecule has 0 bridgehead atoms. The van der Waals surface area contributed by atoms with Crippen molar-refractivity contribution in [3.05, 3.63) is 54.1 Å². The van der Waals surface area contributed by atoms with E-state index in [0.29, 0.717) is 17.1 Å². The summed E-state index contributed by atoms with van der Waals surface area (Å²) in [5.74, 6) is -0.734. The van der Waals surface area contributed by atoms with Crippen molar-refractivity contribution in [2.24, 2.45) is 0 Å². The Labute approximate surface area is 150 Å². The molecule has 0 saturated heterocycles. The van der Waals surface area contributed by atoms with Gasteiger partial charge in [0.1, 0.15) is 17.2 Å². The molecule has 0 saturated carbocycles. The van der Waals surface area contributed by atoms with Crippen LogP contribution in [0.5, 0.6) is 17.2 Å². The minimum Gasteiger partial charge on any atom is -0.497 e. The fraction of sp³-hybridized carbons (Fsp3) is 0.211. The number of hydrogen-bond acceptors (Lipinski definition) is 6. The molecule has 0 unspecified atom stereocenters. The highest BCUT2D eigenvalue weighted by atomic mass is 16.5. The molecule has 7 heteroatoms. The van der Waals surface area contributed by atoms with Crippen molar-refractivity contribution in [2.45, 2.75) is 19.3 Å². The molecule has 0 atom stereocenters. The third-order valence-corrected chi connectivity index (χ3v) is 3.36. The highest BCUT2D eigenvalue weighted by molar-refractivity contribution is 5.91. The van der Waals surface area contributed by atoms with Crippen LogP contribution in [0.15, 0.2) is 48.5 Å². The predicted molar refractivity (Wildman–Crippen MR) is 91.5 cm³/mol. The van der Waals surface area contributed by atoms with Crippen LogP contribution in [0.25, 0.3) is 0 Å². The Balaban J connectivity index is 1.88. The number of carboxylic acids is 1. The van der Waals surface area contributed by atoms with Crippen LogP contribution in [-0.2, 0) is 9.59 Å². The van der Waals surface area contributed by atoms with Crippen molar-refractivity contribution >= 4 is 17.9 Å². The van der Waals surface area contributed by atoms with Gasteiger partial charge in [-0.25, -0.2) is 4.79 Å². The largest absolute Gasteiger partial charge is 0.497 e. The summed E-state index contributed by atoms with van der Waals surface area (Å²) in [6, 6.07) is 12.5. The van der Waals surface area contributed by atoms with Crippen LogP contribution in [0.1, 0.15) is 29.6 Å². The van der Waals surface area contributed by atoms with E-state index in [1.165, 1.54) is 24.3 Å². The Morgan fingerprint density at radius 2 is 1.35 bits per heavy atom. The van der Waals surface area contributed by atoms with Gasteiger partial charge in [-0.1, -0.05) is 0 Å². The van der Waals surface area contributed by atoms with E-state index < -0.39 is 17.9 Å². The standard InChI is InChI=1S/C19H18O7/c1-24-14-9-11-16(12-10-14)26-19(23)13-5-7-15(8-6-13)25-18(22)4-2-3-17(20)21/h5-12H,2-4H2,1H3,(H,20,21). The van der Waals surface area contributed by atoms with Gasteiger partial charge in [0.2, 0.25) is 0 Å². The summed E-state index contributed by atoms with van der Waals surface area (Å²) < 4.78 is 15.3. The molecule has 0 spiro atoms. The number of carbonyl (C=O) groups is 3. The number of carbonyl (C=O) groups excluding carboxylic acids is 2. The van der Waals surface area contributed by atoms with Crippen LogP contribution in [0.2, 0.25) is 0 Å². The second-order valence-corrected chi connectivity index (χ2v) is 5.31. The molecule has 26 heavy (non-hydrogen) atoms. The lowest BCUT2D eigenvalue weighted by Gasteiger charge is -2.07. The molecule has 0 amide bonds. The Morgan fingerprint density at radius 3 is 1.92 bits per heavy atom. The summed E-state index contributed by atoms with van der Waals surface area (Å²) in [5, 5.41) is 8.53. The summed E-state index contributed by atoms with van der Waals surface area (Å²) in [5.41, 5.74) is 0.298. The van der Waals surface area contributed by atoms with Gasteiger partial charge in [0, 0.05) is 12.8 Å². The van der Waals surface area contributed by atoms with Crippen LogP contribution in [-0.4, -0.2) is 30.1 Å². The maximum Gasteiger partial charge on any atom is 0.343 e. The molecule has 0 heterocycles. The summed E-state index contributed by atoms with van der Waals surface area (Å²) >= 11 is 0. The van der Waals surface area contributed by atoms with Gasteiger partial charge < -0.3 is 19.3 Å². The molecule has 0 aliphatic heterocycles. The molecule has 0 aromatic heterocycles. The zero-order chi connectivity index (χ0) is 18.9. The van der Waals surface area contributed by atoms with E-state index in [-0.39, 0.29) is 25.0 Å². The van der Waals surface area contributed by atoms with Gasteiger partial charge >= 0.3 is 17.9 Å². The Hall–Kier alpha value is -3.35. The van der Waals surface area contributed by atoms with Crippen LogP contribution < -0.4 is 14.2 Å². The highest BCUT2D eigenvalue weighted by Crippen LogP contribution is 2.19. The van der Waals surface area contributed by atoms with Crippen molar-refractivity contribution in [3.8, 4) is 17.2 Å². The Morgan fingerprint density at radius 1 is 0.808 bits per heavy atom. The molecule has 0 aliphatic rings. The smallest absolute Gasteiger partial charge is 0.343 e. The van der Waals surface area contributed by atoms with Crippen molar-refractivity contribution in [2.75, 3.05) is 7.11 Å². The van der Waals surface area contributed by atoms with Crippen molar-refractivity contribution in [1.82, 2.24) is 0 Å². The van der Waals surface area contributed by atoms with Crippen molar-refractivity contribution in [3.63, 3.8) is 0 Å². The second-order valence-electron chi connectivity index (χ2n) is 5.31. The molecule has 0 aliphatic carbocycles. The number of methoxy groups -OCH3 is 1. The number of esters is 2. The minimum absolute atomic E-state index is 0.00750. The van der Waals surface area contributed by atoms with Crippen LogP contribution >= 0.6 is 0 Å². The molecule has 136 valence electrons. The van der Waals surface area contributed by atoms with E-state index >= 15 is 0 Å². The number of ether oxygens (including phenoxy) is 3. The van der Waals surface area contributed by atoms with E-state index in [9.17, 15) is 14.4 Å². The molecule has 0 fully saturated rings. The lowest BCUT2D eigenvalue weighted by molar-refractivity contribution is -0.137. The van der Waals surface area contributed by atoms with Gasteiger partial charge in [0.25, 0.3) is 0 Å². The quantitative estimate of drug-likeness (QED) is 0.572. The number of hydrogen-bond donors (Lipinski definition) is 1. The molecular weight excluding hydrogens is 340 g/mol. The van der Waals surface area contributed by atoms with Crippen LogP contribution in [0.4, 0.5) is 0 Å². The van der Waals surface area contributed by atoms with E-state index in [1.807, 2.05) is 0 Å². The number of carboxylic acid groups (broad SMARTS) is 1. The monoisotopic (exact) mass is 358 g/mol. The first-order valence-corrected chi connectivity index (χ1v) is 7.86. The Kier molecular flexibility index (Phi) is 6.73. The maximum absolute atomic E-state index is 12.1. The zero-order valence-electron chi connectivity index (χ0n) is 14.1. The van der Waals surface area contributed by atoms with Crippen LogP contribution in [0.3, 0.4) is 0 Å². The third kappa shape index (κ3) is 5.94. The average molecular weight is 358 g/mol. The average Bonchev–Trinajstić information content (AvgIpc) is 2.62. The normalized spacial score (nSPS) is 10.0. The lowest BCUT2D eigenvalue weighted by Crippen LogP contribution is -2.10. The highest BCUT2D eigenvalue weighted by Gasteiger charge is 2.11. The lowest BCUT2D eigenvalue weighted by atomic mass is 10.2. The van der Waals surface area contributed by atoms with Gasteiger partial charge in [-0.15, -0.1) is 0 Å². The fourth-order valence-electron chi connectivity index (χ4n) is 2.04. The number of rotatable bonds is 8. The Bertz CT molecular complexity index is 763. The van der Waals surface area contributed by atoms with Gasteiger partial charge in [-0.05, 0) is 55.0 Å². The van der Waals surface area contributed by atoms with Gasteiger partial charge in [0.15, 0.2) is 0 Å². The molecule has 0 radical (unpaired) electrons. The third-order valence-electron chi connectivity index (χ3n) is 3.36. The molecule has 7 nitrogen and oxygen atoms in total. The molecule has 2 rings (SSSR count). The topological polar surface area (TPSA) is 99.1 Å². The molecule has 2 aromatic carbocycles. The minimum atomic E-state index is -0.961. The summed E-state index contributed by atoms with van der Waals surface area (Å²) in [6.07, 6.45) is 0.124. The fourth-order valence-corrected chi connectivity index (χ4v) is 2.04. The van der Waals surface area contributed by atoms with Crippen molar-refractivity contribution in [1.29, 1.82) is 0 Å². The first-order valence-electron chi connectivity index (χ1n) is 7.86. The van der Waals surface area contributed by atoms with Crippen LogP contribution in [0, 0.1) is 0 Å². The molecule has 1 N–H and O–H groups in total. The summed E-state index contributed by atoms with van der Waals surface area (Å²) in [6.45, 7) is 0. The SMILES string of the molecule is COc1ccc(OC(=O)c2ccc(OC(=O)CCCC(=O)O)cc2)cc1. The van der Waals surface area contributed by atoms with E-state index in [1.54, 1.807) is 31.4 Å². The van der Waals surface area contributed by atoms with Gasteiger partial charge in [0.05, 0.1) is 12.7 Å². The molecular formula is C19H18O7. The zero-order valence-corrected chi connectivity index (χ0v) is 14.1. The van der Waals surface area contributed by atoms with E-state index in [2.05, 4.69) is 0 Å². The number of aliphatic carboxylic acids is 1. The number of benzene rings is 2. The first kappa shape index (κ1) is 19.0. The van der Waals surface area contributed by atoms with Crippen molar-refractivity contribution < 1.29 is 33.7 Å². The van der Waals surface area contributed by atoms with Gasteiger partial charge in [-0.2, -0.15) is 0 Å². The van der Waals surface area contributed by atoms with E-state index in [0.717, 1.165) is 0 Å². The predicted octanol–water partition coefficient (Wildman–Crippen LogP) is 3.07. The second kappa shape index (κ2) is 9.22. The molecule has 2 aromatic rings. The summed E-state index contributed by atoms with van der Waals surface area (Å²) in [7, 11) is 1.54. The van der Waals surface area contributed by atoms with E-state index in [4.69, 9.17) is 19.3 Å². The maximum atomic E-state index is 12.1. The summed E-state index contributed by atoms with van der Waals surface area (Å²) in [4.78, 5) is 34.1.